The summed E-state index contributed by atoms with van der Waals surface area (Å²) in [5.74, 6) is 0.0287. The minimum atomic E-state index is -0.0208. The lowest BCUT2D eigenvalue weighted by Gasteiger charge is -1.93. The molecule has 12 heavy (non-hydrogen) atoms. The zero-order chi connectivity index (χ0) is 9.56. The van der Waals surface area contributed by atoms with Crippen LogP contribution >= 0.6 is 0 Å². The van der Waals surface area contributed by atoms with E-state index in [4.69, 9.17) is 0 Å². The van der Waals surface area contributed by atoms with Gasteiger partial charge in [-0.3, -0.25) is 4.79 Å². The Morgan fingerprint density at radius 1 is 1.33 bits per heavy atom. The standard InChI is InChI=1S/C10H16O2/c1-4-5-9(11)7-10(12)6-8(2)3/h6-7,12H,4-5H2,1-3H3/b10-7-. The van der Waals surface area contributed by atoms with Gasteiger partial charge < -0.3 is 5.11 Å². The summed E-state index contributed by atoms with van der Waals surface area (Å²) in [5, 5.41) is 9.18. The maximum Gasteiger partial charge on any atom is 0.159 e. The third-order valence-electron chi connectivity index (χ3n) is 1.24. The molecule has 0 aliphatic rings. The predicted molar refractivity (Wildman–Crippen MR) is 50.1 cm³/mol. The molecule has 0 radical (unpaired) electrons. The highest BCUT2D eigenvalue weighted by atomic mass is 16.3. The van der Waals surface area contributed by atoms with Crippen molar-refractivity contribution in [2.45, 2.75) is 33.6 Å². The summed E-state index contributed by atoms with van der Waals surface area (Å²) in [7, 11) is 0. The van der Waals surface area contributed by atoms with Gasteiger partial charge >= 0.3 is 0 Å². The van der Waals surface area contributed by atoms with Gasteiger partial charge in [-0.2, -0.15) is 0 Å². The second-order valence-corrected chi connectivity index (χ2v) is 3.01. The Kier molecular flexibility index (Phi) is 5.09. The topological polar surface area (TPSA) is 37.3 Å². The molecular formula is C10H16O2. The molecule has 0 spiro atoms. The van der Waals surface area contributed by atoms with Crippen LogP contribution in [0, 0.1) is 0 Å². The smallest absolute Gasteiger partial charge is 0.159 e. The Balaban J connectivity index is 4.16. The van der Waals surface area contributed by atoms with E-state index in [1.165, 1.54) is 6.08 Å². The molecule has 1 N–H and O–H groups in total. The van der Waals surface area contributed by atoms with Crippen molar-refractivity contribution in [3.05, 3.63) is 23.5 Å². The van der Waals surface area contributed by atoms with E-state index in [0.717, 1.165) is 12.0 Å². The van der Waals surface area contributed by atoms with Crippen LogP contribution in [-0.4, -0.2) is 10.9 Å². The van der Waals surface area contributed by atoms with Gasteiger partial charge in [-0.05, 0) is 26.3 Å². The van der Waals surface area contributed by atoms with Crippen LogP contribution in [0.25, 0.3) is 0 Å². The highest BCUT2D eigenvalue weighted by molar-refractivity contribution is 5.90. The van der Waals surface area contributed by atoms with Crippen LogP contribution < -0.4 is 0 Å². The first-order chi connectivity index (χ1) is 5.56. The molecule has 0 heterocycles. The van der Waals surface area contributed by atoms with Gasteiger partial charge in [-0.25, -0.2) is 0 Å². The molecule has 0 saturated carbocycles. The minimum absolute atomic E-state index is 0.0208. The van der Waals surface area contributed by atoms with E-state index < -0.39 is 0 Å². The van der Waals surface area contributed by atoms with Gasteiger partial charge in [0.15, 0.2) is 5.78 Å². The second-order valence-electron chi connectivity index (χ2n) is 3.01. The van der Waals surface area contributed by atoms with Gasteiger partial charge in [-0.15, -0.1) is 0 Å². The van der Waals surface area contributed by atoms with Crippen molar-refractivity contribution in [2.75, 3.05) is 0 Å². The molecule has 0 aromatic carbocycles. The fourth-order valence-electron chi connectivity index (χ4n) is 0.821. The number of carbonyl (C=O) groups is 1. The first kappa shape index (κ1) is 11.0. The number of aliphatic hydroxyl groups is 1. The summed E-state index contributed by atoms with van der Waals surface area (Å²) in [6.45, 7) is 5.67. The zero-order valence-electron chi connectivity index (χ0n) is 7.92. The van der Waals surface area contributed by atoms with Gasteiger partial charge in [0, 0.05) is 12.5 Å². The molecule has 0 aliphatic carbocycles. The molecule has 0 aromatic rings. The van der Waals surface area contributed by atoms with E-state index in [1.54, 1.807) is 6.08 Å². The third-order valence-corrected chi connectivity index (χ3v) is 1.24. The van der Waals surface area contributed by atoms with Crippen LogP contribution in [0.5, 0.6) is 0 Å². The van der Waals surface area contributed by atoms with E-state index in [1.807, 2.05) is 20.8 Å². The van der Waals surface area contributed by atoms with Crippen LogP contribution in [-0.2, 0) is 4.79 Å². The number of ketones is 1. The average molecular weight is 168 g/mol. The lowest BCUT2D eigenvalue weighted by Crippen LogP contribution is -1.92. The lowest BCUT2D eigenvalue weighted by atomic mass is 10.2. The van der Waals surface area contributed by atoms with Crippen molar-refractivity contribution in [1.29, 1.82) is 0 Å². The highest BCUT2D eigenvalue weighted by Gasteiger charge is 1.96. The summed E-state index contributed by atoms with van der Waals surface area (Å²) in [5.41, 5.74) is 0.980. The van der Waals surface area contributed by atoms with Crippen LogP contribution in [0.15, 0.2) is 23.5 Å². The maximum absolute atomic E-state index is 11.0. The van der Waals surface area contributed by atoms with Crippen molar-refractivity contribution >= 4 is 5.78 Å². The number of allylic oxidation sites excluding steroid dienone is 3. The Morgan fingerprint density at radius 3 is 2.33 bits per heavy atom. The van der Waals surface area contributed by atoms with Gasteiger partial charge in [0.25, 0.3) is 0 Å². The number of hydrogen-bond donors (Lipinski definition) is 1. The minimum Gasteiger partial charge on any atom is -0.508 e. The van der Waals surface area contributed by atoms with Gasteiger partial charge in [0.2, 0.25) is 0 Å². The summed E-state index contributed by atoms with van der Waals surface area (Å²) in [6.07, 6.45) is 4.17. The largest absolute Gasteiger partial charge is 0.508 e. The first-order valence-electron chi connectivity index (χ1n) is 4.14. The second kappa shape index (κ2) is 5.58. The Bertz CT molecular complexity index is 208. The van der Waals surface area contributed by atoms with E-state index in [2.05, 4.69) is 0 Å². The summed E-state index contributed by atoms with van der Waals surface area (Å²) >= 11 is 0. The molecule has 0 fully saturated rings. The van der Waals surface area contributed by atoms with Gasteiger partial charge in [0.1, 0.15) is 5.76 Å². The van der Waals surface area contributed by atoms with Crippen molar-refractivity contribution in [1.82, 2.24) is 0 Å². The SMILES string of the molecule is CCCC(=O)/C=C(\O)C=C(C)C. The van der Waals surface area contributed by atoms with Crippen molar-refractivity contribution in [2.24, 2.45) is 0 Å². The van der Waals surface area contributed by atoms with Gasteiger partial charge in [0.05, 0.1) is 0 Å². The first-order valence-corrected chi connectivity index (χ1v) is 4.14. The molecule has 0 bridgehead atoms. The van der Waals surface area contributed by atoms with E-state index in [9.17, 15) is 9.90 Å². The van der Waals surface area contributed by atoms with Crippen molar-refractivity contribution < 1.29 is 9.90 Å². The predicted octanol–water partition coefficient (Wildman–Crippen LogP) is 2.76. The average Bonchev–Trinajstić information content (AvgIpc) is 1.84. The molecule has 0 aliphatic heterocycles. The zero-order valence-corrected chi connectivity index (χ0v) is 7.92. The summed E-state index contributed by atoms with van der Waals surface area (Å²) in [6, 6.07) is 0. The van der Waals surface area contributed by atoms with Crippen LogP contribution in [0.1, 0.15) is 33.6 Å². The monoisotopic (exact) mass is 168 g/mol. The quantitative estimate of drug-likeness (QED) is 0.398. The van der Waals surface area contributed by atoms with Gasteiger partial charge in [-0.1, -0.05) is 12.5 Å². The molecule has 0 atom stereocenters. The van der Waals surface area contributed by atoms with Crippen LogP contribution in [0.4, 0.5) is 0 Å². The molecule has 68 valence electrons. The Hall–Kier alpha value is -1.05. The Morgan fingerprint density at radius 2 is 1.92 bits per heavy atom. The number of carbonyl (C=O) groups excluding carboxylic acids is 1. The summed E-state index contributed by atoms with van der Waals surface area (Å²) in [4.78, 5) is 11.0. The fourth-order valence-corrected chi connectivity index (χ4v) is 0.821. The van der Waals surface area contributed by atoms with E-state index >= 15 is 0 Å². The van der Waals surface area contributed by atoms with E-state index in [0.29, 0.717) is 6.42 Å². The molecule has 0 aromatic heterocycles. The van der Waals surface area contributed by atoms with Crippen LogP contribution in [0.3, 0.4) is 0 Å². The van der Waals surface area contributed by atoms with Crippen molar-refractivity contribution in [3.8, 4) is 0 Å². The third kappa shape index (κ3) is 5.71. The molecule has 2 heteroatoms. The molecule has 0 amide bonds. The van der Waals surface area contributed by atoms with E-state index in [-0.39, 0.29) is 11.5 Å². The Labute approximate surface area is 73.6 Å². The van der Waals surface area contributed by atoms with Crippen LogP contribution in [0.2, 0.25) is 0 Å². The lowest BCUT2D eigenvalue weighted by molar-refractivity contribution is -0.114. The molecule has 0 rings (SSSR count). The molecule has 0 unspecified atom stereocenters. The fraction of sp³-hybridized carbons (Fsp3) is 0.500. The highest BCUT2D eigenvalue weighted by Crippen LogP contribution is 2.00. The molecular weight excluding hydrogens is 152 g/mol. The molecule has 0 saturated heterocycles. The molecule has 2 nitrogen and oxygen atoms in total. The number of rotatable bonds is 4. The number of aliphatic hydroxyl groups excluding tert-OH is 1. The number of hydrogen-bond acceptors (Lipinski definition) is 2. The summed E-state index contributed by atoms with van der Waals surface area (Å²) < 4.78 is 0. The van der Waals surface area contributed by atoms with Crippen molar-refractivity contribution in [3.63, 3.8) is 0 Å². The maximum atomic E-state index is 11.0. The normalized spacial score (nSPS) is 11.1.